The van der Waals surface area contributed by atoms with Gasteiger partial charge in [-0.25, -0.2) is 0 Å². The van der Waals surface area contributed by atoms with E-state index in [1.807, 2.05) is 12.3 Å². The summed E-state index contributed by atoms with van der Waals surface area (Å²) < 4.78 is 0. The number of benzene rings is 1. The van der Waals surface area contributed by atoms with Crippen LogP contribution in [0.15, 0.2) is 18.3 Å². The fourth-order valence-electron chi connectivity index (χ4n) is 4.38. The lowest BCUT2D eigenvalue weighted by molar-refractivity contribution is -0.124. The lowest BCUT2D eigenvalue weighted by atomic mass is 9.82. The van der Waals surface area contributed by atoms with Crippen LogP contribution in [0.1, 0.15) is 56.4 Å². The Morgan fingerprint density at radius 1 is 1.19 bits per heavy atom. The molecule has 5 heteroatoms. The Hall–Kier alpha value is -2.43. The van der Waals surface area contributed by atoms with Gasteiger partial charge in [0.05, 0.1) is 28.5 Å². The van der Waals surface area contributed by atoms with E-state index in [0.29, 0.717) is 0 Å². The number of carbonyl (C=O) groups is 1. The van der Waals surface area contributed by atoms with E-state index in [1.165, 1.54) is 29.4 Å². The van der Waals surface area contributed by atoms with Gasteiger partial charge in [0, 0.05) is 16.7 Å². The summed E-state index contributed by atoms with van der Waals surface area (Å²) >= 11 is 0. The van der Waals surface area contributed by atoms with E-state index in [2.05, 4.69) is 35.4 Å². The number of H-pyrrole nitrogens is 1. The topological polar surface area (TPSA) is 70.7 Å². The molecule has 0 spiro atoms. The van der Waals surface area contributed by atoms with Gasteiger partial charge in [-0.1, -0.05) is 0 Å². The third-order valence-electron chi connectivity index (χ3n) is 5.87. The Kier molecular flexibility index (Phi) is 3.36. The molecule has 0 aliphatic heterocycles. The van der Waals surface area contributed by atoms with Gasteiger partial charge < -0.3 is 5.32 Å². The molecule has 1 saturated carbocycles. The van der Waals surface area contributed by atoms with Gasteiger partial charge in [0.1, 0.15) is 0 Å². The van der Waals surface area contributed by atoms with Crippen molar-refractivity contribution in [1.82, 2.24) is 20.5 Å². The maximum absolute atomic E-state index is 12.4. The first-order valence-electron chi connectivity index (χ1n) is 9.64. The first kappa shape index (κ1) is 15.8. The molecule has 2 aliphatic rings. The van der Waals surface area contributed by atoms with Crippen molar-refractivity contribution in [3.05, 3.63) is 35.2 Å². The SMILES string of the molecule is CC(C)(NC(=O)C1CC1)c1nc2ccc3[nH]ncc3c2c2c1CCCC2. The fraction of sp³-hybridized carbons (Fsp3) is 0.476. The Bertz CT molecular complexity index is 1030. The summed E-state index contributed by atoms with van der Waals surface area (Å²) in [5, 5.41) is 13.0. The molecule has 0 saturated heterocycles. The van der Waals surface area contributed by atoms with Crippen LogP contribution in [0.2, 0.25) is 0 Å². The molecule has 1 aromatic carbocycles. The molecule has 5 nitrogen and oxygen atoms in total. The first-order chi connectivity index (χ1) is 12.5. The standard InChI is InChI=1S/C21H24N4O/c1-21(2,24-20(26)12-7-8-12)19-14-6-4-3-5-13(14)18-15-11-22-25-16(15)9-10-17(18)23-19/h9-12H,3-8H2,1-2H3,(H,22,25)(H,24,26). The van der Waals surface area contributed by atoms with Crippen molar-refractivity contribution < 1.29 is 4.79 Å². The summed E-state index contributed by atoms with van der Waals surface area (Å²) in [4.78, 5) is 17.5. The van der Waals surface area contributed by atoms with Gasteiger partial charge in [-0.2, -0.15) is 5.10 Å². The van der Waals surface area contributed by atoms with Gasteiger partial charge in [-0.05, 0) is 75.6 Å². The van der Waals surface area contributed by atoms with Crippen molar-refractivity contribution in [2.24, 2.45) is 5.92 Å². The van der Waals surface area contributed by atoms with Crippen molar-refractivity contribution in [2.75, 3.05) is 0 Å². The van der Waals surface area contributed by atoms with Crippen LogP contribution in [0.4, 0.5) is 0 Å². The van der Waals surface area contributed by atoms with E-state index < -0.39 is 5.54 Å². The highest BCUT2D eigenvalue weighted by molar-refractivity contribution is 6.07. The summed E-state index contributed by atoms with van der Waals surface area (Å²) in [6.45, 7) is 4.18. The number of pyridine rings is 1. The Balaban J connectivity index is 1.72. The van der Waals surface area contributed by atoms with Crippen LogP contribution in [-0.4, -0.2) is 21.1 Å². The van der Waals surface area contributed by atoms with Crippen LogP contribution < -0.4 is 5.32 Å². The second-order valence-corrected chi connectivity index (χ2v) is 8.30. The first-order valence-corrected chi connectivity index (χ1v) is 9.64. The number of carbonyl (C=O) groups excluding carboxylic acids is 1. The van der Waals surface area contributed by atoms with Crippen LogP contribution in [0.25, 0.3) is 21.8 Å². The molecule has 1 fully saturated rings. The predicted octanol–water partition coefficient (Wildman–Crippen LogP) is 3.75. The van der Waals surface area contributed by atoms with Crippen molar-refractivity contribution in [3.8, 4) is 0 Å². The molecule has 0 bridgehead atoms. The zero-order valence-electron chi connectivity index (χ0n) is 15.4. The number of rotatable bonds is 3. The minimum atomic E-state index is -0.458. The fourth-order valence-corrected chi connectivity index (χ4v) is 4.38. The summed E-state index contributed by atoms with van der Waals surface area (Å²) in [5.74, 6) is 0.378. The highest BCUT2D eigenvalue weighted by atomic mass is 16.2. The Morgan fingerprint density at radius 3 is 2.73 bits per heavy atom. The molecular weight excluding hydrogens is 324 g/mol. The maximum Gasteiger partial charge on any atom is 0.223 e. The van der Waals surface area contributed by atoms with E-state index in [9.17, 15) is 4.79 Å². The van der Waals surface area contributed by atoms with Gasteiger partial charge in [0.2, 0.25) is 5.91 Å². The molecule has 5 rings (SSSR count). The van der Waals surface area contributed by atoms with Crippen molar-refractivity contribution in [3.63, 3.8) is 0 Å². The summed E-state index contributed by atoms with van der Waals surface area (Å²) in [5.41, 5.74) is 5.37. The monoisotopic (exact) mass is 348 g/mol. The molecular formula is C21H24N4O. The average molecular weight is 348 g/mol. The molecule has 2 aliphatic carbocycles. The highest BCUT2D eigenvalue weighted by Gasteiger charge is 2.36. The number of hydrogen-bond acceptors (Lipinski definition) is 3. The summed E-state index contributed by atoms with van der Waals surface area (Å²) in [7, 11) is 0. The van der Waals surface area contributed by atoms with Crippen LogP contribution in [0.3, 0.4) is 0 Å². The predicted molar refractivity (Wildman–Crippen MR) is 102 cm³/mol. The normalized spacial score (nSPS) is 17.5. The van der Waals surface area contributed by atoms with Gasteiger partial charge in [0.15, 0.2) is 0 Å². The molecule has 26 heavy (non-hydrogen) atoms. The Labute approximate surface area is 152 Å². The van der Waals surface area contributed by atoms with Crippen molar-refractivity contribution >= 4 is 27.7 Å². The van der Waals surface area contributed by atoms with E-state index >= 15 is 0 Å². The molecule has 3 aromatic rings. The van der Waals surface area contributed by atoms with Gasteiger partial charge in [-0.3, -0.25) is 14.9 Å². The second-order valence-electron chi connectivity index (χ2n) is 8.30. The molecule has 0 atom stereocenters. The third kappa shape index (κ3) is 2.41. The number of aromatic nitrogens is 3. The van der Waals surface area contributed by atoms with Crippen LogP contribution in [0.5, 0.6) is 0 Å². The maximum atomic E-state index is 12.4. The quantitative estimate of drug-likeness (QED) is 0.757. The zero-order chi connectivity index (χ0) is 17.9. The molecule has 0 radical (unpaired) electrons. The number of aromatic amines is 1. The van der Waals surface area contributed by atoms with E-state index in [0.717, 1.165) is 47.8 Å². The molecule has 2 N–H and O–H groups in total. The van der Waals surface area contributed by atoms with E-state index in [1.54, 1.807) is 0 Å². The smallest absolute Gasteiger partial charge is 0.223 e. The lowest BCUT2D eigenvalue weighted by Crippen LogP contribution is -2.43. The van der Waals surface area contributed by atoms with Gasteiger partial charge in [-0.15, -0.1) is 0 Å². The van der Waals surface area contributed by atoms with Gasteiger partial charge in [0.25, 0.3) is 0 Å². The minimum absolute atomic E-state index is 0.173. The van der Waals surface area contributed by atoms with Gasteiger partial charge >= 0.3 is 0 Å². The number of amides is 1. The van der Waals surface area contributed by atoms with Crippen LogP contribution >= 0.6 is 0 Å². The van der Waals surface area contributed by atoms with Crippen molar-refractivity contribution in [1.29, 1.82) is 0 Å². The minimum Gasteiger partial charge on any atom is -0.345 e. The largest absolute Gasteiger partial charge is 0.345 e. The molecule has 0 unspecified atom stereocenters. The average Bonchev–Trinajstić information content (AvgIpc) is 3.38. The lowest BCUT2D eigenvalue weighted by Gasteiger charge is -2.31. The van der Waals surface area contributed by atoms with E-state index in [-0.39, 0.29) is 11.8 Å². The molecule has 2 aromatic heterocycles. The molecule has 1 amide bonds. The van der Waals surface area contributed by atoms with Crippen LogP contribution in [-0.2, 0) is 23.2 Å². The summed E-state index contributed by atoms with van der Waals surface area (Å²) in [6.07, 6.45) is 8.43. The number of fused-ring (bicyclic) bond motifs is 5. The van der Waals surface area contributed by atoms with E-state index in [4.69, 9.17) is 4.98 Å². The molecule has 2 heterocycles. The molecule has 134 valence electrons. The number of nitrogens with one attached hydrogen (secondary N) is 2. The Morgan fingerprint density at radius 2 is 1.96 bits per heavy atom. The highest BCUT2D eigenvalue weighted by Crippen LogP contribution is 2.38. The van der Waals surface area contributed by atoms with Crippen molar-refractivity contribution in [2.45, 2.75) is 57.9 Å². The number of nitrogens with zero attached hydrogens (tertiary/aromatic N) is 2. The second kappa shape index (κ2) is 5.53. The number of hydrogen-bond donors (Lipinski definition) is 2. The number of aryl methyl sites for hydroxylation is 1. The zero-order valence-corrected chi connectivity index (χ0v) is 15.4. The summed E-state index contributed by atoms with van der Waals surface area (Å²) in [6, 6.07) is 4.12. The van der Waals surface area contributed by atoms with Crippen LogP contribution in [0, 0.1) is 5.92 Å². The third-order valence-corrected chi connectivity index (χ3v) is 5.87.